The number of nitrogens with zero attached hydrogens (tertiary/aromatic N) is 3. The number of pyridine rings is 1. The van der Waals surface area contributed by atoms with Crippen molar-refractivity contribution in [3.05, 3.63) is 60.4 Å². The molecule has 0 unspecified atom stereocenters. The van der Waals surface area contributed by atoms with E-state index >= 15 is 0 Å². The Morgan fingerprint density at radius 3 is 2.85 bits per heavy atom. The lowest BCUT2D eigenvalue weighted by molar-refractivity contribution is 0.0156. The fourth-order valence-electron chi connectivity index (χ4n) is 2.80. The molecular weight excluding hydrogens is 332 g/mol. The van der Waals surface area contributed by atoms with E-state index in [1.54, 1.807) is 30.3 Å². The summed E-state index contributed by atoms with van der Waals surface area (Å²) >= 11 is 0. The number of amides is 1. The van der Waals surface area contributed by atoms with E-state index in [9.17, 15) is 4.79 Å². The Hall–Kier alpha value is -3.35. The second kappa shape index (κ2) is 6.87. The van der Waals surface area contributed by atoms with E-state index < -0.39 is 0 Å². The van der Waals surface area contributed by atoms with Crippen molar-refractivity contribution >= 4 is 5.91 Å². The van der Waals surface area contributed by atoms with E-state index in [1.807, 2.05) is 36.4 Å². The van der Waals surface area contributed by atoms with Crippen LogP contribution in [0.3, 0.4) is 0 Å². The van der Waals surface area contributed by atoms with Gasteiger partial charge >= 0.3 is 0 Å². The van der Waals surface area contributed by atoms with Gasteiger partial charge in [-0.05, 0) is 24.3 Å². The zero-order valence-corrected chi connectivity index (χ0v) is 14.3. The van der Waals surface area contributed by atoms with Crippen LogP contribution in [0.15, 0.2) is 54.7 Å². The van der Waals surface area contributed by atoms with Gasteiger partial charge in [0.15, 0.2) is 0 Å². The minimum atomic E-state index is -0.0903. The van der Waals surface area contributed by atoms with Gasteiger partial charge in [-0.15, -0.1) is 0 Å². The normalized spacial score (nSPS) is 14.0. The first kappa shape index (κ1) is 16.1. The van der Waals surface area contributed by atoms with Gasteiger partial charge in [0.25, 0.3) is 5.91 Å². The van der Waals surface area contributed by atoms with Gasteiger partial charge in [-0.2, -0.15) is 5.10 Å². The lowest BCUT2D eigenvalue weighted by Gasteiger charge is -2.38. The predicted molar refractivity (Wildman–Crippen MR) is 95.1 cm³/mol. The summed E-state index contributed by atoms with van der Waals surface area (Å²) in [5, 5.41) is 7.06. The van der Waals surface area contributed by atoms with Gasteiger partial charge in [0.05, 0.1) is 25.9 Å². The molecule has 1 amide bonds. The Morgan fingerprint density at radius 2 is 2.08 bits per heavy atom. The van der Waals surface area contributed by atoms with Gasteiger partial charge in [0.2, 0.25) is 5.88 Å². The Morgan fingerprint density at radius 1 is 1.19 bits per heavy atom. The molecule has 1 aromatic carbocycles. The highest BCUT2D eigenvalue weighted by atomic mass is 16.5. The lowest BCUT2D eigenvalue weighted by atomic mass is 10.1. The summed E-state index contributed by atoms with van der Waals surface area (Å²) in [4.78, 5) is 18.4. The number of likely N-dealkylation sites (tertiary alicyclic amines) is 1. The Kier molecular flexibility index (Phi) is 4.27. The van der Waals surface area contributed by atoms with E-state index in [2.05, 4.69) is 15.2 Å². The minimum Gasteiger partial charge on any atom is -0.497 e. The van der Waals surface area contributed by atoms with Crippen molar-refractivity contribution in [3.63, 3.8) is 0 Å². The summed E-state index contributed by atoms with van der Waals surface area (Å²) in [5.41, 5.74) is 2.05. The number of carbonyl (C=O) groups is 1. The topological polar surface area (TPSA) is 80.3 Å². The van der Waals surface area contributed by atoms with E-state index in [1.165, 1.54) is 0 Å². The molecule has 1 N–H and O–H groups in total. The van der Waals surface area contributed by atoms with E-state index in [-0.39, 0.29) is 12.0 Å². The average molecular weight is 350 g/mol. The summed E-state index contributed by atoms with van der Waals surface area (Å²) < 4.78 is 10.9. The highest BCUT2D eigenvalue weighted by Crippen LogP contribution is 2.24. The highest BCUT2D eigenvalue weighted by Gasteiger charge is 2.33. The molecule has 1 aliphatic heterocycles. The highest BCUT2D eigenvalue weighted by molar-refractivity contribution is 5.94. The summed E-state index contributed by atoms with van der Waals surface area (Å²) in [6, 6.07) is 14.8. The van der Waals surface area contributed by atoms with Crippen molar-refractivity contribution in [2.24, 2.45) is 0 Å². The van der Waals surface area contributed by atoms with Gasteiger partial charge in [-0.3, -0.25) is 9.89 Å². The smallest absolute Gasteiger partial charge is 0.272 e. The van der Waals surface area contributed by atoms with Crippen LogP contribution in [-0.2, 0) is 0 Å². The van der Waals surface area contributed by atoms with Crippen molar-refractivity contribution in [2.75, 3.05) is 20.2 Å². The number of rotatable bonds is 5. The van der Waals surface area contributed by atoms with Crippen LogP contribution in [-0.4, -0.2) is 52.3 Å². The lowest BCUT2D eigenvalue weighted by Crippen LogP contribution is -2.56. The molecule has 7 nitrogen and oxygen atoms in total. The maximum atomic E-state index is 12.6. The number of methoxy groups -OCH3 is 1. The van der Waals surface area contributed by atoms with Crippen LogP contribution in [0.5, 0.6) is 11.6 Å². The molecule has 0 atom stereocenters. The van der Waals surface area contributed by atoms with Crippen molar-refractivity contribution < 1.29 is 14.3 Å². The van der Waals surface area contributed by atoms with Crippen LogP contribution < -0.4 is 9.47 Å². The third-order valence-electron chi connectivity index (χ3n) is 4.23. The quantitative estimate of drug-likeness (QED) is 0.764. The maximum Gasteiger partial charge on any atom is 0.272 e. The molecule has 2 aromatic heterocycles. The molecule has 3 aromatic rings. The van der Waals surface area contributed by atoms with Crippen LogP contribution in [0.1, 0.15) is 10.5 Å². The second-order valence-corrected chi connectivity index (χ2v) is 6.02. The molecule has 0 radical (unpaired) electrons. The Bertz CT molecular complexity index is 904. The minimum absolute atomic E-state index is 0.0328. The standard InChI is InChI=1S/C19H18N4O3/c1-25-14-6-4-5-13(9-14)16-10-17(22-21-16)19(24)23-11-15(12-23)26-18-7-2-3-8-20-18/h2-10,15H,11-12H2,1H3,(H,21,22). The number of ether oxygens (including phenoxy) is 2. The third-order valence-corrected chi connectivity index (χ3v) is 4.23. The van der Waals surface area contributed by atoms with E-state index in [0.29, 0.717) is 30.4 Å². The van der Waals surface area contributed by atoms with Crippen molar-refractivity contribution in [1.82, 2.24) is 20.1 Å². The maximum absolute atomic E-state index is 12.6. The van der Waals surface area contributed by atoms with Crippen LogP contribution >= 0.6 is 0 Å². The molecule has 0 aliphatic carbocycles. The molecule has 7 heteroatoms. The first-order valence-corrected chi connectivity index (χ1v) is 8.30. The zero-order chi connectivity index (χ0) is 17.9. The van der Waals surface area contributed by atoms with Gasteiger partial charge in [-0.1, -0.05) is 18.2 Å². The number of aromatic amines is 1. The van der Waals surface area contributed by atoms with Crippen molar-refractivity contribution in [3.8, 4) is 22.9 Å². The summed E-state index contributed by atoms with van der Waals surface area (Å²) in [7, 11) is 1.62. The summed E-state index contributed by atoms with van der Waals surface area (Å²) in [6.45, 7) is 1.06. The molecule has 132 valence electrons. The van der Waals surface area contributed by atoms with Gasteiger partial charge in [0, 0.05) is 17.8 Å². The first-order chi connectivity index (χ1) is 12.7. The molecule has 4 rings (SSSR count). The molecule has 0 bridgehead atoms. The molecule has 1 fully saturated rings. The molecule has 0 spiro atoms. The predicted octanol–water partition coefficient (Wildman–Crippen LogP) is 2.38. The van der Waals surface area contributed by atoms with Crippen molar-refractivity contribution in [1.29, 1.82) is 0 Å². The monoisotopic (exact) mass is 350 g/mol. The van der Waals surface area contributed by atoms with Gasteiger partial charge in [-0.25, -0.2) is 4.98 Å². The molecule has 1 aliphatic rings. The fraction of sp³-hybridized carbons (Fsp3) is 0.211. The summed E-state index contributed by atoms with van der Waals surface area (Å²) in [6.07, 6.45) is 1.65. The first-order valence-electron chi connectivity index (χ1n) is 8.30. The number of carbonyl (C=O) groups excluding carboxylic acids is 1. The number of benzene rings is 1. The van der Waals surface area contributed by atoms with Crippen LogP contribution in [0.4, 0.5) is 0 Å². The zero-order valence-electron chi connectivity index (χ0n) is 14.3. The number of nitrogens with one attached hydrogen (secondary N) is 1. The molecule has 0 saturated carbocycles. The number of hydrogen-bond acceptors (Lipinski definition) is 5. The van der Waals surface area contributed by atoms with Crippen molar-refractivity contribution in [2.45, 2.75) is 6.10 Å². The number of hydrogen-bond donors (Lipinski definition) is 1. The fourth-order valence-corrected chi connectivity index (χ4v) is 2.80. The third kappa shape index (κ3) is 3.23. The molecule has 1 saturated heterocycles. The largest absolute Gasteiger partial charge is 0.497 e. The Labute approximate surface area is 150 Å². The molecule has 3 heterocycles. The number of H-pyrrole nitrogens is 1. The molecule has 26 heavy (non-hydrogen) atoms. The number of aromatic nitrogens is 3. The van der Waals surface area contributed by atoms with Crippen LogP contribution in [0.2, 0.25) is 0 Å². The van der Waals surface area contributed by atoms with Gasteiger partial charge < -0.3 is 14.4 Å². The Balaban J connectivity index is 1.38. The van der Waals surface area contributed by atoms with E-state index in [4.69, 9.17) is 9.47 Å². The summed E-state index contributed by atoms with van der Waals surface area (Å²) in [5.74, 6) is 1.23. The van der Waals surface area contributed by atoms with Crippen LogP contribution in [0, 0.1) is 0 Å². The SMILES string of the molecule is COc1cccc(-c2cc(C(=O)N3CC(Oc4ccccn4)C3)[nH]n2)c1. The van der Waals surface area contributed by atoms with Crippen LogP contribution in [0.25, 0.3) is 11.3 Å². The van der Waals surface area contributed by atoms with Gasteiger partial charge in [0.1, 0.15) is 17.5 Å². The average Bonchev–Trinajstić information content (AvgIpc) is 3.15. The van der Waals surface area contributed by atoms with E-state index in [0.717, 1.165) is 11.3 Å². The molecular formula is C19H18N4O3. The second-order valence-electron chi connectivity index (χ2n) is 6.02.